The molecule has 0 aromatic carbocycles. The van der Waals surface area contributed by atoms with Crippen LogP contribution in [0.4, 0.5) is 4.79 Å². The Labute approximate surface area is 299 Å². The third-order valence-electron chi connectivity index (χ3n) is 9.62. The van der Waals surface area contributed by atoms with Crippen LogP contribution in [0.3, 0.4) is 0 Å². The molecule has 1 saturated carbocycles. The molecule has 1 unspecified atom stereocenters. The maximum Gasteiger partial charge on any atom is 0.332 e. The first kappa shape index (κ1) is 42.5. The van der Waals surface area contributed by atoms with Crippen molar-refractivity contribution in [3.05, 3.63) is 24.3 Å². The van der Waals surface area contributed by atoms with Crippen LogP contribution in [0, 0.1) is 17.3 Å². The Bertz CT molecular complexity index is 1240. The van der Waals surface area contributed by atoms with Crippen LogP contribution in [0.2, 0.25) is 0 Å². The molecule has 1 aliphatic heterocycles. The lowest BCUT2D eigenvalue weighted by molar-refractivity contribution is -0.151. The molecule has 5 N–H and O–H groups in total. The Morgan fingerprint density at radius 2 is 1.58 bits per heavy atom. The van der Waals surface area contributed by atoms with Gasteiger partial charge >= 0.3 is 12.0 Å². The van der Waals surface area contributed by atoms with E-state index >= 15 is 0 Å². The summed E-state index contributed by atoms with van der Waals surface area (Å²) in [6.45, 7) is 17.4. The van der Waals surface area contributed by atoms with E-state index in [2.05, 4.69) is 36.4 Å². The van der Waals surface area contributed by atoms with Gasteiger partial charge in [0.15, 0.2) is 0 Å². The second kappa shape index (κ2) is 19.6. The standard InChI is InChI=1S/C38H63N5O7/c1-9-23-50-35(48)38(20-15-12-16-21-38)42-36(49)41-31(37(6,7)8)34(47)43-22-19-27(24-26(4)5)29(43)33(46)40-28(30(44)32(39)45)18-14-11-10-13-17-25(2)3/h9,24-25,27-29,31H,1,10-23H2,2-8H3,(H2,39,45)(H,40,46)(H2,41,42,49)/t27-,28?,29+,31-/m1/s1. The lowest BCUT2D eigenvalue weighted by atomic mass is 9.81. The average molecular weight is 702 g/mol. The summed E-state index contributed by atoms with van der Waals surface area (Å²) in [7, 11) is 0. The number of nitrogens with zero attached hydrogens (tertiary/aromatic N) is 1. The van der Waals surface area contributed by atoms with Crippen molar-refractivity contribution in [1.82, 2.24) is 20.9 Å². The van der Waals surface area contributed by atoms with Gasteiger partial charge in [0.1, 0.15) is 24.2 Å². The van der Waals surface area contributed by atoms with Crippen molar-refractivity contribution in [3.63, 3.8) is 0 Å². The fourth-order valence-corrected chi connectivity index (χ4v) is 6.96. The first-order chi connectivity index (χ1) is 23.4. The zero-order valence-corrected chi connectivity index (χ0v) is 31.5. The van der Waals surface area contributed by atoms with Gasteiger partial charge in [0, 0.05) is 12.5 Å². The normalized spacial score (nSPS) is 19.9. The van der Waals surface area contributed by atoms with Crippen molar-refractivity contribution in [2.45, 2.75) is 149 Å². The number of primary amides is 1. The smallest absolute Gasteiger partial charge is 0.332 e. The number of allylic oxidation sites excluding steroid dienone is 1. The monoisotopic (exact) mass is 701 g/mol. The molecule has 12 heteroatoms. The Balaban J connectivity index is 2.32. The zero-order chi connectivity index (χ0) is 37.6. The molecule has 0 spiro atoms. The van der Waals surface area contributed by atoms with E-state index in [9.17, 15) is 28.8 Å². The molecule has 2 aliphatic rings. The number of ketones is 1. The van der Waals surface area contributed by atoms with Gasteiger partial charge in [0.25, 0.3) is 5.91 Å². The topological polar surface area (TPSA) is 177 Å². The summed E-state index contributed by atoms with van der Waals surface area (Å²) in [5, 5.41) is 8.44. The van der Waals surface area contributed by atoms with Crippen molar-refractivity contribution in [2.24, 2.45) is 23.0 Å². The Kier molecular flexibility index (Phi) is 16.7. The van der Waals surface area contributed by atoms with Gasteiger partial charge in [-0.1, -0.05) is 110 Å². The van der Waals surface area contributed by atoms with Gasteiger partial charge < -0.3 is 31.3 Å². The summed E-state index contributed by atoms with van der Waals surface area (Å²) in [5.74, 6) is -3.31. The second-order valence-corrected chi connectivity index (χ2v) is 15.8. The van der Waals surface area contributed by atoms with E-state index in [1.165, 1.54) is 11.0 Å². The highest BCUT2D eigenvalue weighted by Crippen LogP contribution is 2.32. The summed E-state index contributed by atoms with van der Waals surface area (Å²) in [6.07, 6.45) is 12.0. The molecular formula is C38H63N5O7. The van der Waals surface area contributed by atoms with Crippen LogP contribution < -0.4 is 21.7 Å². The molecule has 2 rings (SSSR count). The number of nitrogens with two attached hydrogens (primary N) is 1. The molecule has 0 bridgehead atoms. The van der Waals surface area contributed by atoms with E-state index in [0.717, 1.165) is 50.5 Å². The lowest BCUT2D eigenvalue weighted by Crippen LogP contribution is -2.64. The van der Waals surface area contributed by atoms with E-state index in [1.54, 1.807) is 0 Å². The van der Waals surface area contributed by atoms with Gasteiger partial charge in [0.2, 0.25) is 17.6 Å². The maximum atomic E-state index is 14.4. The number of ether oxygens (including phenoxy) is 1. The number of carbonyl (C=O) groups excluding carboxylic acids is 6. The van der Waals surface area contributed by atoms with E-state index < -0.39 is 64.6 Å². The minimum Gasteiger partial charge on any atom is -0.460 e. The average Bonchev–Trinajstić information content (AvgIpc) is 3.45. The number of hydrogen-bond acceptors (Lipinski definition) is 7. The third kappa shape index (κ3) is 12.6. The Morgan fingerprint density at radius 1 is 0.960 bits per heavy atom. The molecule has 1 saturated heterocycles. The lowest BCUT2D eigenvalue weighted by Gasteiger charge is -2.39. The van der Waals surface area contributed by atoms with Crippen LogP contribution in [0.5, 0.6) is 0 Å². The largest absolute Gasteiger partial charge is 0.460 e. The molecule has 0 aromatic rings. The van der Waals surface area contributed by atoms with Crippen molar-refractivity contribution < 1.29 is 33.5 Å². The van der Waals surface area contributed by atoms with E-state index in [-0.39, 0.29) is 25.5 Å². The SMILES string of the molecule is C=CCOC(=O)C1(NC(=O)N[C@H](C(=O)N2CC[C@H](C=C(C)C)[C@H]2C(=O)NC(CCCCCCC(C)C)C(=O)C(N)=O)C(C)(C)C)CCCCC1. The number of amides is 5. The first-order valence-corrected chi connectivity index (χ1v) is 18.4. The van der Waals surface area contributed by atoms with Crippen molar-refractivity contribution >= 4 is 35.5 Å². The van der Waals surface area contributed by atoms with Crippen molar-refractivity contribution in [3.8, 4) is 0 Å². The molecule has 5 amide bonds. The summed E-state index contributed by atoms with van der Waals surface area (Å²) < 4.78 is 5.36. The minimum absolute atomic E-state index is 0.0163. The van der Waals surface area contributed by atoms with E-state index in [0.29, 0.717) is 31.6 Å². The highest BCUT2D eigenvalue weighted by Gasteiger charge is 2.48. The number of hydrogen-bond donors (Lipinski definition) is 4. The molecule has 12 nitrogen and oxygen atoms in total. The van der Waals surface area contributed by atoms with Crippen LogP contribution in [0.25, 0.3) is 0 Å². The summed E-state index contributed by atoms with van der Waals surface area (Å²) in [5.41, 5.74) is 4.33. The summed E-state index contributed by atoms with van der Waals surface area (Å²) in [6, 6.07) is -3.84. The number of Topliss-reactive ketones (excluding diaryl/α,β-unsaturated/α-hetero) is 1. The molecule has 4 atom stereocenters. The molecule has 282 valence electrons. The number of carbonyl (C=O) groups is 6. The van der Waals surface area contributed by atoms with Crippen LogP contribution in [-0.2, 0) is 28.7 Å². The number of urea groups is 1. The highest BCUT2D eigenvalue weighted by molar-refractivity contribution is 6.37. The van der Waals surface area contributed by atoms with Gasteiger partial charge in [-0.05, 0) is 50.9 Å². The quantitative estimate of drug-likeness (QED) is 0.0683. The van der Waals surface area contributed by atoms with Gasteiger partial charge in [-0.3, -0.25) is 19.2 Å². The van der Waals surface area contributed by atoms with Crippen LogP contribution >= 0.6 is 0 Å². The van der Waals surface area contributed by atoms with Gasteiger partial charge in [-0.15, -0.1) is 0 Å². The van der Waals surface area contributed by atoms with Gasteiger partial charge in [-0.2, -0.15) is 0 Å². The molecule has 50 heavy (non-hydrogen) atoms. The third-order valence-corrected chi connectivity index (χ3v) is 9.62. The highest BCUT2D eigenvalue weighted by atomic mass is 16.5. The minimum atomic E-state index is -1.22. The predicted molar refractivity (Wildman–Crippen MR) is 194 cm³/mol. The number of rotatable bonds is 18. The molecule has 0 aromatic heterocycles. The Morgan fingerprint density at radius 3 is 2.12 bits per heavy atom. The van der Waals surface area contributed by atoms with Gasteiger partial charge in [0.05, 0.1) is 6.04 Å². The van der Waals surface area contributed by atoms with Crippen LogP contribution in [-0.4, -0.2) is 77.2 Å². The molecular weight excluding hydrogens is 638 g/mol. The fourth-order valence-electron chi connectivity index (χ4n) is 6.96. The van der Waals surface area contributed by atoms with E-state index in [4.69, 9.17) is 10.5 Å². The molecule has 1 heterocycles. The fraction of sp³-hybridized carbons (Fsp3) is 0.737. The maximum absolute atomic E-state index is 14.4. The van der Waals surface area contributed by atoms with Crippen LogP contribution in [0.1, 0.15) is 126 Å². The van der Waals surface area contributed by atoms with Crippen LogP contribution in [0.15, 0.2) is 24.3 Å². The summed E-state index contributed by atoms with van der Waals surface area (Å²) >= 11 is 0. The zero-order valence-electron chi connectivity index (χ0n) is 31.5. The molecule has 2 fully saturated rings. The number of unbranched alkanes of at least 4 members (excludes halogenated alkanes) is 3. The summed E-state index contributed by atoms with van der Waals surface area (Å²) in [4.78, 5) is 81.5. The number of nitrogens with one attached hydrogen (secondary N) is 3. The van der Waals surface area contributed by atoms with Crippen molar-refractivity contribution in [2.75, 3.05) is 13.2 Å². The first-order valence-electron chi connectivity index (χ1n) is 18.4. The Hall–Kier alpha value is -3.70. The second-order valence-electron chi connectivity index (χ2n) is 15.8. The van der Waals surface area contributed by atoms with E-state index in [1.807, 2.05) is 40.7 Å². The number of likely N-dealkylation sites (tertiary alicyclic amines) is 1. The molecule has 1 aliphatic carbocycles. The number of esters is 1. The van der Waals surface area contributed by atoms with Gasteiger partial charge in [-0.25, -0.2) is 9.59 Å². The predicted octanol–water partition coefficient (Wildman–Crippen LogP) is 4.85. The molecule has 0 radical (unpaired) electrons. The van der Waals surface area contributed by atoms with Crippen molar-refractivity contribution in [1.29, 1.82) is 0 Å².